The number of hydrogen-bond donors (Lipinski definition) is 1. The van der Waals surface area contributed by atoms with Gasteiger partial charge in [-0.1, -0.05) is 60.7 Å². The molecule has 3 aromatic carbocycles. The molecule has 0 spiro atoms. The molecule has 0 saturated carbocycles. The summed E-state index contributed by atoms with van der Waals surface area (Å²) in [7, 11) is 0. The monoisotopic (exact) mass is 411 g/mol. The molecule has 0 amide bonds. The predicted octanol–water partition coefficient (Wildman–Crippen LogP) is 5.60. The Bertz CT molecular complexity index is 1180. The standard InChI is InChI=1S/C27H25NO3/c29-27(31-18-20-9-5-2-6-10-20)21-11-13-25-23(15-21)24-16-22(12-14-26(24)28-25)30-17-19-7-3-1-4-8-19/h1-10,12,14,16,21,28H,11,13,15,17-18H2. The SMILES string of the molecule is O=C(OCc1ccccc1)C1CCc2[nH]c3ccc(OCc4ccccc4)cc3c2C1. The lowest BCUT2D eigenvalue weighted by Crippen LogP contribution is -2.24. The van der Waals surface area contributed by atoms with Crippen molar-refractivity contribution in [3.8, 4) is 5.75 Å². The Balaban J connectivity index is 1.29. The molecule has 4 nitrogen and oxygen atoms in total. The minimum atomic E-state index is -0.111. The van der Waals surface area contributed by atoms with Crippen molar-refractivity contribution in [1.82, 2.24) is 4.98 Å². The fraction of sp³-hybridized carbons (Fsp3) is 0.222. The Morgan fingerprint density at radius 1 is 0.903 bits per heavy atom. The number of benzene rings is 3. The lowest BCUT2D eigenvalue weighted by molar-refractivity contribution is -0.150. The number of aromatic nitrogens is 1. The summed E-state index contributed by atoms with van der Waals surface area (Å²) in [6.07, 6.45) is 2.37. The second-order valence-corrected chi connectivity index (χ2v) is 8.10. The Labute approximate surface area is 181 Å². The fourth-order valence-electron chi connectivity index (χ4n) is 4.27. The van der Waals surface area contributed by atoms with Gasteiger partial charge in [-0.05, 0) is 54.2 Å². The molecule has 1 heterocycles. The van der Waals surface area contributed by atoms with Gasteiger partial charge in [-0.25, -0.2) is 0 Å². The van der Waals surface area contributed by atoms with E-state index in [1.807, 2.05) is 54.6 Å². The first-order valence-electron chi connectivity index (χ1n) is 10.8. The molecule has 1 aliphatic carbocycles. The molecule has 0 bridgehead atoms. The lowest BCUT2D eigenvalue weighted by Gasteiger charge is -2.21. The van der Waals surface area contributed by atoms with Crippen LogP contribution >= 0.6 is 0 Å². The van der Waals surface area contributed by atoms with Crippen LogP contribution in [0.15, 0.2) is 78.9 Å². The van der Waals surface area contributed by atoms with Gasteiger partial charge >= 0.3 is 5.97 Å². The van der Waals surface area contributed by atoms with Crippen LogP contribution in [0.1, 0.15) is 28.8 Å². The van der Waals surface area contributed by atoms with E-state index in [0.717, 1.165) is 40.6 Å². The molecular weight excluding hydrogens is 386 g/mol. The smallest absolute Gasteiger partial charge is 0.309 e. The zero-order chi connectivity index (χ0) is 21.0. The third kappa shape index (κ3) is 4.33. The molecule has 5 rings (SSSR count). The van der Waals surface area contributed by atoms with Crippen LogP contribution in [0.5, 0.6) is 5.75 Å². The molecule has 0 fully saturated rings. The first-order valence-corrected chi connectivity index (χ1v) is 10.8. The van der Waals surface area contributed by atoms with Crippen molar-refractivity contribution in [3.05, 3.63) is 101 Å². The maximum atomic E-state index is 12.7. The van der Waals surface area contributed by atoms with E-state index in [1.54, 1.807) is 0 Å². The Kier molecular flexibility index (Phi) is 5.44. The third-order valence-electron chi connectivity index (χ3n) is 5.96. The Morgan fingerprint density at radius 3 is 2.35 bits per heavy atom. The molecule has 1 aromatic heterocycles. The molecule has 1 atom stereocenters. The number of rotatable bonds is 6. The highest BCUT2D eigenvalue weighted by molar-refractivity contribution is 5.87. The van der Waals surface area contributed by atoms with Gasteiger partial charge in [0, 0.05) is 16.6 Å². The van der Waals surface area contributed by atoms with E-state index in [4.69, 9.17) is 9.47 Å². The second kappa shape index (κ2) is 8.68. The van der Waals surface area contributed by atoms with Crippen molar-refractivity contribution in [1.29, 1.82) is 0 Å². The molecule has 1 N–H and O–H groups in total. The highest BCUT2D eigenvalue weighted by atomic mass is 16.5. The molecule has 4 aromatic rings. The molecule has 156 valence electrons. The van der Waals surface area contributed by atoms with Crippen molar-refractivity contribution >= 4 is 16.9 Å². The summed E-state index contributed by atoms with van der Waals surface area (Å²) in [6.45, 7) is 0.863. The summed E-state index contributed by atoms with van der Waals surface area (Å²) in [5.41, 5.74) is 5.69. The molecule has 31 heavy (non-hydrogen) atoms. The van der Waals surface area contributed by atoms with Gasteiger partial charge < -0.3 is 14.5 Å². The van der Waals surface area contributed by atoms with Crippen molar-refractivity contribution < 1.29 is 14.3 Å². The number of aromatic amines is 1. The second-order valence-electron chi connectivity index (χ2n) is 8.10. The summed E-state index contributed by atoms with van der Waals surface area (Å²) in [4.78, 5) is 16.2. The maximum Gasteiger partial charge on any atom is 0.309 e. The number of H-pyrrole nitrogens is 1. The summed E-state index contributed by atoms with van der Waals surface area (Å²) in [5, 5.41) is 1.14. The maximum absolute atomic E-state index is 12.7. The van der Waals surface area contributed by atoms with Crippen molar-refractivity contribution in [2.24, 2.45) is 5.92 Å². The topological polar surface area (TPSA) is 51.3 Å². The van der Waals surface area contributed by atoms with Gasteiger partial charge in [0.05, 0.1) is 5.92 Å². The van der Waals surface area contributed by atoms with Crippen LogP contribution in [0.4, 0.5) is 0 Å². The number of ether oxygens (including phenoxy) is 2. The normalized spacial score (nSPS) is 15.4. The van der Waals surface area contributed by atoms with Crippen LogP contribution in [0, 0.1) is 5.92 Å². The molecule has 1 unspecified atom stereocenters. The molecular formula is C27H25NO3. The molecule has 0 radical (unpaired) electrons. The molecule has 0 aliphatic heterocycles. The number of carbonyl (C=O) groups is 1. The van der Waals surface area contributed by atoms with Crippen LogP contribution in [-0.4, -0.2) is 11.0 Å². The largest absolute Gasteiger partial charge is 0.489 e. The van der Waals surface area contributed by atoms with Gasteiger partial charge in [-0.15, -0.1) is 0 Å². The van der Waals surface area contributed by atoms with E-state index in [1.165, 1.54) is 11.3 Å². The first-order chi connectivity index (χ1) is 15.3. The van der Waals surface area contributed by atoms with Crippen LogP contribution in [0.25, 0.3) is 10.9 Å². The average molecular weight is 412 g/mol. The van der Waals surface area contributed by atoms with E-state index in [9.17, 15) is 4.79 Å². The minimum absolute atomic E-state index is 0.107. The van der Waals surface area contributed by atoms with Gasteiger partial charge in [0.1, 0.15) is 19.0 Å². The predicted molar refractivity (Wildman–Crippen MR) is 121 cm³/mol. The number of fused-ring (bicyclic) bond motifs is 3. The third-order valence-corrected chi connectivity index (χ3v) is 5.96. The Morgan fingerprint density at radius 2 is 1.61 bits per heavy atom. The zero-order valence-electron chi connectivity index (χ0n) is 17.3. The van der Waals surface area contributed by atoms with Crippen LogP contribution in [-0.2, 0) is 35.6 Å². The van der Waals surface area contributed by atoms with E-state index in [2.05, 4.69) is 29.2 Å². The Hall–Kier alpha value is -3.53. The highest BCUT2D eigenvalue weighted by Crippen LogP contribution is 2.34. The number of hydrogen-bond acceptors (Lipinski definition) is 3. The summed E-state index contributed by atoms with van der Waals surface area (Å²) in [5.74, 6) is 0.622. The number of esters is 1. The van der Waals surface area contributed by atoms with E-state index >= 15 is 0 Å². The molecule has 0 saturated heterocycles. The van der Waals surface area contributed by atoms with E-state index in [0.29, 0.717) is 19.6 Å². The lowest BCUT2D eigenvalue weighted by atomic mass is 9.86. The minimum Gasteiger partial charge on any atom is -0.489 e. The first kappa shape index (κ1) is 19.4. The van der Waals surface area contributed by atoms with Crippen LogP contribution in [0.3, 0.4) is 0 Å². The van der Waals surface area contributed by atoms with Crippen molar-refractivity contribution in [2.45, 2.75) is 32.5 Å². The summed E-state index contributed by atoms with van der Waals surface area (Å²) < 4.78 is 11.6. The van der Waals surface area contributed by atoms with E-state index < -0.39 is 0 Å². The van der Waals surface area contributed by atoms with Crippen molar-refractivity contribution in [3.63, 3.8) is 0 Å². The fourth-order valence-corrected chi connectivity index (χ4v) is 4.27. The van der Waals surface area contributed by atoms with Gasteiger partial charge in [0.25, 0.3) is 0 Å². The molecule has 1 aliphatic rings. The summed E-state index contributed by atoms with van der Waals surface area (Å²) >= 11 is 0. The van der Waals surface area contributed by atoms with Crippen molar-refractivity contribution in [2.75, 3.05) is 0 Å². The van der Waals surface area contributed by atoms with Crippen LogP contribution in [0.2, 0.25) is 0 Å². The van der Waals surface area contributed by atoms with Gasteiger partial charge in [0.2, 0.25) is 0 Å². The number of carbonyl (C=O) groups excluding carboxylic acids is 1. The quantitative estimate of drug-likeness (QED) is 0.421. The summed E-state index contributed by atoms with van der Waals surface area (Å²) in [6, 6.07) is 26.1. The molecule has 4 heteroatoms. The van der Waals surface area contributed by atoms with E-state index in [-0.39, 0.29) is 11.9 Å². The number of nitrogens with one attached hydrogen (secondary N) is 1. The number of aryl methyl sites for hydroxylation is 1. The zero-order valence-corrected chi connectivity index (χ0v) is 17.3. The van der Waals surface area contributed by atoms with Gasteiger partial charge in [0.15, 0.2) is 0 Å². The van der Waals surface area contributed by atoms with Gasteiger partial charge in [-0.2, -0.15) is 0 Å². The van der Waals surface area contributed by atoms with Gasteiger partial charge in [-0.3, -0.25) is 4.79 Å². The highest BCUT2D eigenvalue weighted by Gasteiger charge is 2.28. The average Bonchev–Trinajstić information content (AvgIpc) is 3.20. The van der Waals surface area contributed by atoms with Crippen LogP contribution < -0.4 is 4.74 Å².